The molecule has 3 rings (SSSR count). The molecule has 2 heterocycles. The van der Waals surface area contributed by atoms with Gasteiger partial charge >= 0.3 is 17.9 Å². The lowest BCUT2D eigenvalue weighted by Gasteiger charge is -2.30. The molecular formula is C22H24N2O8. The van der Waals surface area contributed by atoms with Crippen molar-refractivity contribution in [3.05, 3.63) is 62.5 Å². The zero-order valence-corrected chi connectivity index (χ0v) is 18.0. The van der Waals surface area contributed by atoms with Gasteiger partial charge in [-0.15, -0.1) is 0 Å². The first-order chi connectivity index (χ1) is 15.2. The summed E-state index contributed by atoms with van der Waals surface area (Å²) in [5.74, 6) is -2.65. The SMILES string of the molecule is CCOC(=O)C1=C(C)NC(C)=C(C(=O)OCC2CCC(=O)O2)C1c1cccc([N+](=O)[O-])c1. The van der Waals surface area contributed by atoms with Gasteiger partial charge in [0.05, 0.1) is 28.6 Å². The van der Waals surface area contributed by atoms with Gasteiger partial charge in [-0.2, -0.15) is 0 Å². The Morgan fingerprint density at radius 1 is 1.19 bits per heavy atom. The fourth-order valence-electron chi connectivity index (χ4n) is 3.84. The average Bonchev–Trinajstić information content (AvgIpc) is 3.16. The van der Waals surface area contributed by atoms with Gasteiger partial charge in [-0.05, 0) is 32.8 Å². The summed E-state index contributed by atoms with van der Waals surface area (Å²) >= 11 is 0. The molecule has 0 bridgehead atoms. The third-order valence-corrected chi connectivity index (χ3v) is 5.26. The number of allylic oxidation sites excluding steroid dienone is 2. The van der Waals surface area contributed by atoms with Crippen LogP contribution < -0.4 is 5.32 Å². The number of carbonyl (C=O) groups is 3. The fourth-order valence-corrected chi connectivity index (χ4v) is 3.84. The lowest BCUT2D eigenvalue weighted by Crippen LogP contribution is -2.33. The third kappa shape index (κ3) is 4.79. The molecule has 1 aromatic rings. The first-order valence-corrected chi connectivity index (χ1v) is 10.2. The van der Waals surface area contributed by atoms with Crippen molar-refractivity contribution in [3.8, 4) is 0 Å². The highest BCUT2D eigenvalue weighted by molar-refractivity contribution is 6.00. The van der Waals surface area contributed by atoms with Crippen LogP contribution >= 0.6 is 0 Å². The Bertz CT molecular complexity index is 1030. The molecule has 170 valence electrons. The number of nitrogens with zero attached hydrogens (tertiary/aromatic N) is 1. The number of benzene rings is 1. The molecule has 2 aliphatic heterocycles. The maximum Gasteiger partial charge on any atom is 0.336 e. The number of hydrogen-bond acceptors (Lipinski definition) is 9. The van der Waals surface area contributed by atoms with E-state index in [9.17, 15) is 24.5 Å². The first kappa shape index (κ1) is 23.0. The molecule has 2 unspecified atom stereocenters. The summed E-state index contributed by atoms with van der Waals surface area (Å²) in [6.07, 6.45) is 0.183. The summed E-state index contributed by atoms with van der Waals surface area (Å²) in [6.45, 7) is 4.97. The number of nitrogens with one attached hydrogen (secondary N) is 1. The van der Waals surface area contributed by atoms with E-state index in [1.807, 2.05) is 0 Å². The minimum atomic E-state index is -0.936. The van der Waals surface area contributed by atoms with Gasteiger partial charge in [0.1, 0.15) is 12.7 Å². The van der Waals surface area contributed by atoms with Gasteiger partial charge in [-0.25, -0.2) is 9.59 Å². The van der Waals surface area contributed by atoms with Crippen LogP contribution in [0.1, 0.15) is 45.1 Å². The lowest BCUT2D eigenvalue weighted by molar-refractivity contribution is -0.384. The molecule has 2 atom stereocenters. The van der Waals surface area contributed by atoms with Crippen molar-refractivity contribution in [2.45, 2.75) is 45.6 Å². The number of dihydropyridines is 1. The molecular weight excluding hydrogens is 420 g/mol. The van der Waals surface area contributed by atoms with Gasteiger partial charge in [-0.1, -0.05) is 12.1 Å². The molecule has 10 nitrogen and oxygen atoms in total. The van der Waals surface area contributed by atoms with Gasteiger partial charge in [0.2, 0.25) is 0 Å². The molecule has 0 amide bonds. The Labute approximate surface area is 184 Å². The van der Waals surface area contributed by atoms with Crippen LogP contribution in [0.2, 0.25) is 0 Å². The predicted molar refractivity (Wildman–Crippen MR) is 111 cm³/mol. The number of esters is 3. The number of hydrogen-bond donors (Lipinski definition) is 1. The monoisotopic (exact) mass is 444 g/mol. The smallest absolute Gasteiger partial charge is 0.336 e. The summed E-state index contributed by atoms with van der Waals surface area (Å²) in [5, 5.41) is 14.3. The summed E-state index contributed by atoms with van der Waals surface area (Å²) in [4.78, 5) is 48.0. The zero-order chi connectivity index (χ0) is 23.4. The van der Waals surface area contributed by atoms with Gasteiger partial charge in [0.15, 0.2) is 0 Å². The van der Waals surface area contributed by atoms with Crippen molar-refractivity contribution in [2.75, 3.05) is 13.2 Å². The van der Waals surface area contributed by atoms with Crippen LogP contribution in [0.25, 0.3) is 0 Å². The number of cyclic esters (lactones) is 1. The summed E-state index contributed by atoms with van der Waals surface area (Å²) in [7, 11) is 0. The Hall–Kier alpha value is -3.69. The minimum Gasteiger partial charge on any atom is -0.463 e. The van der Waals surface area contributed by atoms with Crippen LogP contribution in [0, 0.1) is 10.1 Å². The minimum absolute atomic E-state index is 0.118. The van der Waals surface area contributed by atoms with Gasteiger partial charge in [-0.3, -0.25) is 14.9 Å². The van der Waals surface area contributed by atoms with Crippen molar-refractivity contribution >= 4 is 23.6 Å². The Kier molecular flexibility index (Phi) is 6.92. The van der Waals surface area contributed by atoms with Gasteiger partial charge < -0.3 is 19.5 Å². The fraction of sp³-hybridized carbons (Fsp3) is 0.409. The molecule has 10 heteroatoms. The van der Waals surface area contributed by atoms with Crippen molar-refractivity contribution < 1.29 is 33.5 Å². The largest absolute Gasteiger partial charge is 0.463 e. The van der Waals surface area contributed by atoms with Gasteiger partial charge in [0, 0.05) is 29.9 Å². The zero-order valence-electron chi connectivity index (χ0n) is 18.0. The maximum absolute atomic E-state index is 13.1. The highest BCUT2D eigenvalue weighted by atomic mass is 16.6. The number of non-ortho nitro benzene ring substituents is 1. The Balaban J connectivity index is 2.00. The van der Waals surface area contributed by atoms with E-state index in [0.717, 1.165) is 0 Å². The summed E-state index contributed by atoms with van der Waals surface area (Å²) in [6, 6.07) is 5.74. The van der Waals surface area contributed by atoms with E-state index in [1.165, 1.54) is 18.2 Å². The topological polar surface area (TPSA) is 134 Å². The molecule has 1 fully saturated rings. The van der Waals surface area contributed by atoms with E-state index >= 15 is 0 Å². The van der Waals surface area contributed by atoms with Crippen LogP contribution in [0.5, 0.6) is 0 Å². The molecule has 1 N–H and O–H groups in total. The molecule has 1 saturated heterocycles. The predicted octanol–water partition coefficient (Wildman–Crippen LogP) is 2.64. The van der Waals surface area contributed by atoms with E-state index in [-0.39, 0.29) is 42.4 Å². The van der Waals surface area contributed by atoms with E-state index in [2.05, 4.69) is 5.32 Å². The second kappa shape index (κ2) is 9.63. The number of ether oxygens (including phenoxy) is 3. The van der Waals surface area contributed by atoms with Crippen LogP contribution in [-0.2, 0) is 28.6 Å². The maximum atomic E-state index is 13.1. The van der Waals surface area contributed by atoms with E-state index in [1.54, 1.807) is 26.8 Å². The normalized spacial score (nSPS) is 20.5. The number of rotatable bonds is 7. The number of nitro benzene ring substituents is 1. The van der Waals surface area contributed by atoms with E-state index in [4.69, 9.17) is 14.2 Å². The molecule has 0 spiro atoms. The van der Waals surface area contributed by atoms with Crippen LogP contribution in [0.15, 0.2) is 46.8 Å². The Morgan fingerprint density at radius 2 is 1.84 bits per heavy atom. The van der Waals surface area contributed by atoms with Crippen molar-refractivity contribution in [1.29, 1.82) is 0 Å². The molecule has 32 heavy (non-hydrogen) atoms. The van der Waals surface area contributed by atoms with E-state index in [0.29, 0.717) is 23.4 Å². The summed E-state index contributed by atoms with van der Waals surface area (Å²) in [5.41, 5.74) is 1.41. The third-order valence-electron chi connectivity index (χ3n) is 5.26. The number of nitro groups is 1. The first-order valence-electron chi connectivity index (χ1n) is 10.2. The van der Waals surface area contributed by atoms with Crippen molar-refractivity contribution in [2.24, 2.45) is 0 Å². The quantitative estimate of drug-likeness (QED) is 0.291. The molecule has 0 aromatic heterocycles. The number of carbonyl (C=O) groups excluding carboxylic acids is 3. The van der Waals surface area contributed by atoms with Crippen LogP contribution in [-0.4, -0.2) is 42.1 Å². The molecule has 0 radical (unpaired) electrons. The highest BCUT2D eigenvalue weighted by Crippen LogP contribution is 2.40. The van der Waals surface area contributed by atoms with Crippen molar-refractivity contribution in [3.63, 3.8) is 0 Å². The van der Waals surface area contributed by atoms with Crippen LogP contribution in [0.3, 0.4) is 0 Å². The standard InChI is InChI=1S/C22H24N2O8/c1-4-30-21(26)18-12(2)23-13(3)19(22(27)31-11-16-8-9-17(25)32-16)20(18)14-6-5-7-15(10-14)24(28)29/h5-7,10,16,20,23H,4,8-9,11H2,1-3H3. The Morgan fingerprint density at radius 3 is 2.41 bits per heavy atom. The molecule has 2 aliphatic rings. The second-order valence-corrected chi connectivity index (χ2v) is 7.46. The lowest BCUT2D eigenvalue weighted by atomic mass is 9.80. The van der Waals surface area contributed by atoms with Crippen LogP contribution in [0.4, 0.5) is 5.69 Å². The van der Waals surface area contributed by atoms with Gasteiger partial charge in [0.25, 0.3) is 5.69 Å². The van der Waals surface area contributed by atoms with E-state index < -0.39 is 28.9 Å². The molecule has 0 aliphatic carbocycles. The average molecular weight is 444 g/mol. The molecule has 1 aromatic carbocycles. The highest BCUT2D eigenvalue weighted by Gasteiger charge is 2.39. The van der Waals surface area contributed by atoms with Crippen molar-refractivity contribution in [1.82, 2.24) is 5.32 Å². The summed E-state index contributed by atoms with van der Waals surface area (Å²) < 4.78 is 15.7. The molecule has 0 saturated carbocycles. The second-order valence-electron chi connectivity index (χ2n) is 7.46.